The van der Waals surface area contributed by atoms with Gasteiger partial charge in [0, 0.05) is 39.3 Å². The van der Waals surface area contributed by atoms with Crippen LogP contribution in [0.2, 0.25) is 10.0 Å². The second kappa shape index (κ2) is 10.6. The molecule has 1 unspecified atom stereocenters. The first-order valence-electron chi connectivity index (χ1n) is 10.4. The number of likely N-dealkylation sites (tertiary alicyclic amines) is 1. The number of halogens is 2. The SMILES string of the molecule is CC(C(=O)Nc1cccc(Cl)c1Cl)N1CCN(CC(=O)N2CCCCCC2)CC1. The maximum absolute atomic E-state index is 12.6. The average Bonchev–Trinajstić information content (AvgIpc) is 3.01. The van der Waals surface area contributed by atoms with E-state index in [-0.39, 0.29) is 17.9 Å². The molecule has 2 saturated heterocycles. The van der Waals surface area contributed by atoms with E-state index in [0.717, 1.165) is 52.1 Å². The molecule has 2 aliphatic heterocycles. The number of rotatable bonds is 5. The number of carbonyl (C=O) groups is 2. The quantitative estimate of drug-likeness (QED) is 0.762. The third kappa shape index (κ3) is 6.07. The second-order valence-electron chi connectivity index (χ2n) is 7.87. The number of benzene rings is 1. The number of amides is 2. The van der Waals surface area contributed by atoms with E-state index in [0.29, 0.717) is 22.3 Å². The fraction of sp³-hybridized carbons (Fsp3) is 0.619. The molecule has 2 aliphatic rings. The zero-order valence-corrected chi connectivity index (χ0v) is 18.5. The van der Waals surface area contributed by atoms with Gasteiger partial charge in [0.15, 0.2) is 0 Å². The lowest BCUT2D eigenvalue weighted by molar-refractivity contribution is -0.133. The molecule has 1 aromatic rings. The summed E-state index contributed by atoms with van der Waals surface area (Å²) in [6, 6.07) is 4.91. The minimum absolute atomic E-state index is 0.108. The zero-order valence-electron chi connectivity index (χ0n) is 17.0. The number of anilines is 1. The highest BCUT2D eigenvalue weighted by molar-refractivity contribution is 6.44. The summed E-state index contributed by atoms with van der Waals surface area (Å²) in [6.45, 7) is 7.24. The third-order valence-electron chi connectivity index (χ3n) is 5.86. The summed E-state index contributed by atoms with van der Waals surface area (Å²) in [5.41, 5.74) is 0.526. The van der Waals surface area contributed by atoms with Crippen molar-refractivity contribution in [3.05, 3.63) is 28.2 Å². The average molecular weight is 441 g/mol. The van der Waals surface area contributed by atoms with E-state index in [9.17, 15) is 9.59 Å². The van der Waals surface area contributed by atoms with Gasteiger partial charge in [0.2, 0.25) is 11.8 Å². The summed E-state index contributed by atoms with van der Waals surface area (Å²) in [6.07, 6.45) is 4.68. The Morgan fingerprint density at radius 3 is 2.31 bits per heavy atom. The van der Waals surface area contributed by atoms with Gasteiger partial charge in [-0.1, -0.05) is 42.1 Å². The highest BCUT2D eigenvalue weighted by Gasteiger charge is 2.27. The van der Waals surface area contributed by atoms with Crippen LogP contribution in [0, 0.1) is 0 Å². The van der Waals surface area contributed by atoms with Crippen molar-refractivity contribution in [2.45, 2.75) is 38.6 Å². The predicted molar refractivity (Wildman–Crippen MR) is 118 cm³/mol. The summed E-state index contributed by atoms with van der Waals surface area (Å²) >= 11 is 12.2. The molecule has 0 radical (unpaired) electrons. The molecule has 8 heteroatoms. The van der Waals surface area contributed by atoms with E-state index in [1.54, 1.807) is 18.2 Å². The first-order chi connectivity index (χ1) is 14.0. The Kier molecular flexibility index (Phi) is 8.18. The molecule has 0 aliphatic carbocycles. The van der Waals surface area contributed by atoms with Crippen LogP contribution in [0.15, 0.2) is 18.2 Å². The molecular formula is C21H30Cl2N4O2. The molecule has 2 heterocycles. The lowest BCUT2D eigenvalue weighted by Crippen LogP contribution is -2.54. The molecule has 6 nitrogen and oxygen atoms in total. The van der Waals surface area contributed by atoms with E-state index in [2.05, 4.69) is 15.1 Å². The summed E-state index contributed by atoms with van der Waals surface area (Å²) in [5.74, 6) is 0.130. The van der Waals surface area contributed by atoms with Crippen molar-refractivity contribution in [2.24, 2.45) is 0 Å². The summed E-state index contributed by atoms with van der Waals surface area (Å²) in [4.78, 5) is 31.6. The molecular weight excluding hydrogens is 411 g/mol. The normalized spacial score (nSPS) is 20.2. The smallest absolute Gasteiger partial charge is 0.241 e. The van der Waals surface area contributed by atoms with Crippen molar-refractivity contribution in [2.75, 3.05) is 51.1 Å². The number of hydrogen-bond acceptors (Lipinski definition) is 4. The molecule has 2 fully saturated rings. The van der Waals surface area contributed by atoms with Gasteiger partial charge >= 0.3 is 0 Å². The maximum atomic E-state index is 12.6. The fourth-order valence-electron chi connectivity index (χ4n) is 3.92. The van der Waals surface area contributed by atoms with Crippen LogP contribution in [0.25, 0.3) is 0 Å². The van der Waals surface area contributed by atoms with Gasteiger partial charge in [-0.2, -0.15) is 0 Å². The molecule has 160 valence electrons. The highest BCUT2D eigenvalue weighted by atomic mass is 35.5. The van der Waals surface area contributed by atoms with Crippen LogP contribution in [0.3, 0.4) is 0 Å². The Labute approximate surface area is 183 Å². The maximum Gasteiger partial charge on any atom is 0.241 e. The molecule has 0 aromatic heterocycles. The third-order valence-corrected chi connectivity index (χ3v) is 6.68. The van der Waals surface area contributed by atoms with Crippen LogP contribution in [0.4, 0.5) is 5.69 Å². The van der Waals surface area contributed by atoms with E-state index in [4.69, 9.17) is 23.2 Å². The Balaban J connectivity index is 1.46. The molecule has 0 spiro atoms. The highest BCUT2D eigenvalue weighted by Crippen LogP contribution is 2.29. The van der Waals surface area contributed by atoms with Gasteiger partial charge in [0.05, 0.1) is 28.3 Å². The lowest BCUT2D eigenvalue weighted by atomic mass is 10.2. The first kappa shape index (κ1) is 22.3. The van der Waals surface area contributed by atoms with Gasteiger partial charge in [-0.3, -0.25) is 19.4 Å². The molecule has 0 bridgehead atoms. The van der Waals surface area contributed by atoms with Crippen LogP contribution in [-0.2, 0) is 9.59 Å². The Morgan fingerprint density at radius 2 is 1.66 bits per heavy atom. The van der Waals surface area contributed by atoms with Gasteiger partial charge < -0.3 is 10.2 Å². The Morgan fingerprint density at radius 1 is 1.00 bits per heavy atom. The fourth-order valence-corrected chi connectivity index (χ4v) is 4.27. The second-order valence-corrected chi connectivity index (χ2v) is 8.66. The number of hydrogen-bond donors (Lipinski definition) is 1. The summed E-state index contributed by atoms with van der Waals surface area (Å²) < 4.78 is 0. The molecule has 1 N–H and O–H groups in total. The van der Waals surface area contributed by atoms with Gasteiger partial charge in [-0.25, -0.2) is 0 Å². The topological polar surface area (TPSA) is 55.9 Å². The minimum Gasteiger partial charge on any atom is -0.342 e. The Hall–Kier alpha value is -1.34. The van der Waals surface area contributed by atoms with E-state index < -0.39 is 0 Å². The van der Waals surface area contributed by atoms with Crippen LogP contribution in [0.1, 0.15) is 32.6 Å². The molecule has 29 heavy (non-hydrogen) atoms. The van der Waals surface area contributed by atoms with Crippen molar-refractivity contribution in [1.82, 2.24) is 14.7 Å². The molecule has 3 rings (SSSR count). The van der Waals surface area contributed by atoms with Crippen LogP contribution in [-0.4, -0.2) is 78.4 Å². The van der Waals surface area contributed by atoms with Gasteiger partial charge in [-0.05, 0) is 31.9 Å². The zero-order chi connectivity index (χ0) is 20.8. The summed E-state index contributed by atoms with van der Waals surface area (Å²) in [7, 11) is 0. The standard InChI is InChI=1S/C21H30Cl2N4O2/c1-16(21(29)24-18-8-6-7-17(22)20(18)23)26-13-11-25(12-14-26)15-19(28)27-9-4-2-3-5-10-27/h6-8,16H,2-5,9-15H2,1H3,(H,24,29). The molecule has 2 amide bonds. The van der Waals surface area contributed by atoms with Crippen LogP contribution >= 0.6 is 23.2 Å². The van der Waals surface area contributed by atoms with Gasteiger partial charge in [-0.15, -0.1) is 0 Å². The number of carbonyl (C=O) groups excluding carboxylic acids is 2. The van der Waals surface area contributed by atoms with E-state index in [1.807, 2.05) is 11.8 Å². The predicted octanol–water partition coefficient (Wildman–Crippen LogP) is 3.34. The van der Waals surface area contributed by atoms with Crippen molar-refractivity contribution in [1.29, 1.82) is 0 Å². The number of piperazine rings is 1. The molecule has 1 aromatic carbocycles. The Bertz CT molecular complexity index is 715. The molecule has 1 atom stereocenters. The molecule has 0 saturated carbocycles. The van der Waals surface area contributed by atoms with Crippen LogP contribution in [0.5, 0.6) is 0 Å². The van der Waals surface area contributed by atoms with E-state index in [1.165, 1.54) is 12.8 Å². The van der Waals surface area contributed by atoms with Gasteiger partial charge in [0.25, 0.3) is 0 Å². The monoisotopic (exact) mass is 440 g/mol. The van der Waals surface area contributed by atoms with E-state index >= 15 is 0 Å². The number of nitrogens with one attached hydrogen (secondary N) is 1. The number of nitrogens with zero attached hydrogens (tertiary/aromatic N) is 3. The van der Waals surface area contributed by atoms with Crippen LogP contribution < -0.4 is 5.32 Å². The van der Waals surface area contributed by atoms with Crippen molar-refractivity contribution < 1.29 is 9.59 Å². The van der Waals surface area contributed by atoms with Crippen molar-refractivity contribution in [3.8, 4) is 0 Å². The summed E-state index contributed by atoms with van der Waals surface area (Å²) in [5, 5.41) is 3.64. The van der Waals surface area contributed by atoms with Crippen molar-refractivity contribution in [3.63, 3.8) is 0 Å². The van der Waals surface area contributed by atoms with Crippen molar-refractivity contribution >= 4 is 40.7 Å². The minimum atomic E-state index is -0.284. The largest absolute Gasteiger partial charge is 0.342 e. The van der Waals surface area contributed by atoms with Gasteiger partial charge in [0.1, 0.15) is 0 Å². The first-order valence-corrected chi connectivity index (χ1v) is 11.2. The lowest BCUT2D eigenvalue weighted by Gasteiger charge is -2.37.